The summed E-state index contributed by atoms with van der Waals surface area (Å²) in [6.45, 7) is 6.51. The first-order valence-electron chi connectivity index (χ1n) is 22.7. The van der Waals surface area contributed by atoms with Crippen LogP contribution in [-0.4, -0.2) is 64.9 Å². The van der Waals surface area contributed by atoms with Crippen molar-refractivity contribution in [1.82, 2.24) is 16.0 Å². The molecule has 0 radical (unpaired) electrons. The van der Waals surface area contributed by atoms with Crippen molar-refractivity contribution in [2.24, 2.45) is 10.8 Å². The lowest BCUT2D eigenvalue weighted by Gasteiger charge is -2.22. The SMILES string of the molecule is CCCCCCCCCCOc1ccc(CNC2CCC(C(=O)O)(C(=O)O)C2)cc1.CCCCCCCCCc1ccc(CNC2CCC(C(=O)O)(C(=O)NC)C2)cc1.Cl.Cl. The van der Waals surface area contributed by atoms with Crippen molar-refractivity contribution in [3.8, 4) is 5.75 Å². The van der Waals surface area contributed by atoms with Gasteiger partial charge >= 0.3 is 17.9 Å². The molecule has 2 fully saturated rings. The fourth-order valence-corrected chi connectivity index (χ4v) is 8.42. The van der Waals surface area contributed by atoms with Gasteiger partial charge in [0.25, 0.3) is 0 Å². The Kier molecular flexibility index (Phi) is 27.9. The Morgan fingerprint density at radius 1 is 0.574 bits per heavy atom. The molecule has 61 heavy (non-hydrogen) atoms. The molecule has 2 aliphatic carbocycles. The van der Waals surface area contributed by atoms with Crippen molar-refractivity contribution in [3.05, 3.63) is 65.2 Å². The van der Waals surface area contributed by atoms with Crippen molar-refractivity contribution in [1.29, 1.82) is 0 Å². The monoisotopic (exact) mass is 894 g/mol. The number of aliphatic carboxylic acids is 3. The number of ether oxygens (including phenoxy) is 1. The van der Waals surface area contributed by atoms with E-state index in [2.05, 4.69) is 54.1 Å². The predicted octanol–water partition coefficient (Wildman–Crippen LogP) is 10.3. The third kappa shape index (κ3) is 18.9. The summed E-state index contributed by atoms with van der Waals surface area (Å²) in [7, 11) is 1.50. The summed E-state index contributed by atoms with van der Waals surface area (Å²) in [6, 6.07) is 16.6. The standard InChI is InChI=1S/C24H38N2O3.C24H37NO5.2ClH/c1-3-4-5-6-7-8-9-10-19-11-13-20(14-12-19)18-26-21-15-16-24(17-21,23(28)29)22(27)25-2;1-2-3-4-5-6-7-8-9-16-30-21-12-10-19(11-13-21)18-25-20-14-15-24(17-20,22(26)27)23(28)29;;/h11-14,21,26H,3-10,15-18H2,1-2H3,(H,25,27)(H,28,29);10-13,20,25H,2-9,14-18H2,1H3,(H,26,27)(H,28,29);2*1H. The molecule has 11 nitrogen and oxygen atoms in total. The van der Waals surface area contributed by atoms with Crippen molar-refractivity contribution in [3.63, 3.8) is 0 Å². The normalized spacial score (nSPS) is 18.8. The minimum Gasteiger partial charge on any atom is -0.494 e. The molecule has 3 atom stereocenters. The third-order valence-electron chi connectivity index (χ3n) is 12.4. The van der Waals surface area contributed by atoms with Gasteiger partial charge in [-0.15, -0.1) is 24.8 Å². The second-order valence-electron chi connectivity index (χ2n) is 17.0. The second kappa shape index (κ2) is 30.6. The second-order valence-corrected chi connectivity index (χ2v) is 17.0. The summed E-state index contributed by atoms with van der Waals surface area (Å²) in [4.78, 5) is 46.6. The van der Waals surface area contributed by atoms with Crippen LogP contribution in [-0.2, 0) is 38.7 Å². The van der Waals surface area contributed by atoms with E-state index in [0.29, 0.717) is 38.8 Å². The lowest BCUT2D eigenvalue weighted by Crippen LogP contribution is -2.44. The number of unbranched alkanes of at least 4 members (excludes halogenated alkanes) is 13. The topological polar surface area (TPSA) is 174 Å². The Hall–Kier alpha value is -3.38. The van der Waals surface area contributed by atoms with Crippen molar-refractivity contribution >= 4 is 48.6 Å². The van der Waals surface area contributed by atoms with Gasteiger partial charge in [-0.1, -0.05) is 134 Å². The number of benzene rings is 2. The average molecular weight is 895 g/mol. The van der Waals surface area contributed by atoms with Crippen LogP contribution in [0, 0.1) is 10.8 Å². The lowest BCUT2D eigenvalue weighted by molar-refractivity contribution is -0.164. The van der Waals surface area contributed by atoms with E-state index < -0.39 is 28.7 Å². The quantitative estimate of drug-likeness (QED) is 0.0356. The number of carbonyl (C=O) groups excluding carboxylic acids is 1. The molecular formula is C48H77Cl2N3O8. The van der Waals surface area contributed by atoms with E-state index in [9.17, 15) is 34.5 Å². The Labute approximate surface area is 378 Å². The van der Waals surface area contributed by atoms with Crippen LogP contribution in [0.3, 0.4) is 0 Å². The Morgan fingerprint density at radius 3 is 1.41 bits per heavy atom. The van der Waals surface area contributed by atoms with E-state index >= 15 is 0 Å². The molecule has 2 aromatic carbocycles. The van der Waals surface area contributed by atoms with Gasteiger partial charge in [0.15, 0.2) is 5.41 Å². The fourth-order valence-electron chi connectivity index (χ4n) is 8.42. The van der Waals surface area contributed by atoms with Crippen LogP contribution in [0.2, 0.25) is 0 Å². The third-order valence-corrected chi connectivity index (χ3v) is 12.4. The first-order chi connectivity index (χ1) is 28.5. The number of amides is 1. The number of carboxylic acids is 3. The molecule has 2 aliphatic rings. The molecule has 4 rings (SSSR count). The number of halogens is 2. The molecule has 6 N–H and O–H groups in total. The molecule has 0 spiro atoms. The smallest absolute Gasteiger partial charge is 0.321 e. The number of nitrogens with one attached hydrogen (secondary N) is 3. The van der Waals surface area contributed by atoms with Gasteiger partial charge in [-0.05, 0) is 86.6 Å². The van der Waals surface area contributed by atoms with Crippen LogP contribution in [0.1, 0.15) is 165 Å². The van der Waals surface area contributed by atoms with E-state index in [1.165, 1.54) is 108 Å². The van der Waals surface area contributed by atoms with Crippen molar-refractivity contribution in [2.75, 3.05) is 13.7 Å². The fraction of sp³-hybridized carbons (Fsp3) is 0.667. The summed E-state index contributed by atoms with van der Waals surface area (Å²) >= 11 is 0. The zero-order chi connectivity index (χ0) is 42.9. The van der Waals surface area contributed by atoms with Crippen LogP contribution in [0.4, 0.5) is 0 Å². The van der Waals surface area contributed by atoms with E-state index in [1.54, 1.807) is 0 Å². The number of aryl methyl sites for hydroxylation is 1. The molecule has 13 heteroatoms. The maximum atomic E-state index is 12.1. The van der Waals surface area contributed by atoms with Gasteiger partial charge in [-0.3, -0.25) is 19.2 Å². The molecule has 0 aromatic heterocycles. The molecule has 2 saturated carbocycles. The highest BCUT2D eigenvalue weighted by molar-refractivity contribution is 6.02. The number of carboxylic acid groups (broad SMARTS) is 3. The van der Waals surface area contributed by atoms with E-state index in [1.807, 2.05) is 24.3 Å². The zero-order valence-corrected chi connectivity index (χ0v) is 38.8. The average Bonchev–Trinajstić information content (AvgIpc) is 3.89. The molecule has 0 aliphatic heterocycles. The number of hydrogen-bond donors (Lipinski definition) is 6. The van der Waals surface area contributed by atoms with Gasteiger partial charge in [0.2, 0.25) is 5.91 Å². The molecule has 346 valence electrons. The Morgan fingerprint density at radius 2 is 0.967 bits per heavy atom. The van der Waals surface area contributed by atoms with Gasteiger partial charge in [0.05, 0.1) is 6.61 Å². The Bertz CT molecular complexity index is 1530. The maximum Gasteiger partial charge on any atom is 0.321 e. The van der Waals surface area contributed by atoms with E-state index in [4.69, 9.17) is 4.74 Å². The molecule has 0 heterocycles. The first-order valence-corrected chi connectivity index (χ1v) is 22.7. The van der Waals surface area contributed by atoms with Crippen LogP contribution in [0.25, 0.3) is 0 Å². The van der Waals surface area contributed by atoms with Crippen LogP contribution in [0.5, 0.6) is 5.75 Å². The van der Waals surface area contributed by atoms with Crippen LogP contribution >= 0.6 is 24.8 Å². The van der Waals surface area contributed by atoms with Gasteiger partial charge in [-0.25, -0.2) is 0 Å². The van der Waals surface area contributed by atoms with Gasteiger partial charge in [-0.2, -0.15) is 0 Å². The minimum absolute atomic E-state index is 0. The summed E-state index contributed by atoms with van der Waals surface area (Å²) < 4.78 is 5.81. The first kappa shape index (κ1) is 55.6. The largest absolute Gasteiger partial charge is 0.494 e. The van der Waals surface area contributed by atoms with Gasteiger partial charge in [0.1, 0.15) is 11.2 Å². The molecule has 2 aromatic rings. The number of rotatable bonds is 28. The van der Waals surface area contributed by atoms with E-state index in [-0.39, 0.29) is 55.6 Å². The predicted molar refractivity (Wildman–Crippen MR) is 248 cm³/mol. The summed E-state index contributed by atoms with van der Waals surface area (Å²) in [6.07, 6.45) is 23.0. The number of carbonyl (C=O) groups is 4. The van der Waals surface area contributed by atoms with Gasteiger partial charge < -0.3 is 36.0 Å². The summed E-state index contributed by atoms with van der Waals surface area (Å²) in [5.41, 5.74) is 0.712. The lowest BCUT2D eigenvalue weighted by atomic mass is 9.85. The summed E-state index contributed by atoms with van der Waals surface area (Å²) in [5.74, 6) is -3.02. The van der Waals surface area contributed by atoms with E-state index in [0.717, 1.165) is 30.8 Å². The summed E-state index contributed by atoms with van der Waals surface area (Å²) in [5, 5.41) is 37.4. The molecule has 1 amide bonds. The zero-order valence-electron chi connectivity index (χ0n) is 37.2. The van der Waals surface area contributed by atoms with Crippen molar-refractivity contribution in [2.45, 2.75) is 180 Å². The highest BCUT2D eigenvalue weighted by Crippen LogP contribution is 2.40. The van der Waals surface area contributed by atoms with Crippen LogP contribution < -0.4 is 20.7 Å². The van der Waals surface area contributed by atoms with Crippen molar-refractivity contribution < 1.29 is 39.2 Å². The maximum absolute atomic E-state index is 12.1. The highest BCUT2D eigenvalue weighted by Gasteiger charge is 2.52. The van der Waals surface area contributed by atoms with Crippen LogP contribution in [0.15, 0.2) is 48.5 Å². The van der Waals surface area contributed by atoms with Gasteiger partial charge in [0, 0.05) is 32.2 Å². The Balaban J connectivity index is 0.000000591. The minimum atomic E-state index is -1.65. The molecule has 0 bridgehead atoms. The molecule has 0 saturated heterocycles. The molecule has 3 unspecified atom stereocenters. The highest BCUT2D eigenvalue weighted by atomic mass is 35.5. The molecular weight excluding hydrogens is 817 g/mol. The number of hydrogen-bond acceptors (Lipinski definition) is 7.